The minimum Gasteiger partial charge on any atom is -0.494 e. The van der Waals surface area contributed by atoms with E-state index in [1.165, 1.54) is 11.1 Å². The van der Waals surface area contributed by atoms with Crippen LogP contribution in [0.2, 0.25) is 0 Å². The van der Waals surface area contributed by atoms with Crippen LogP contribution in [0.3, 0.4) is 0 Å². The van der Waals surface area contributed by atoms with E-state index in [2.05, 4.69) is 29.6 Å². The lowest BCUT2D eigenvalue weighted by atomic mass is 10.0. The second kappa shape index (κ2) is 5.89. The van der Waals surface area contributed by atoms with Crippen molar-refractivity contribution in [3.8, 4) is 5.75 Å². The summed E-state index contributed by atoms with van der Waals surface area (Å²) in [5.74, 6) is 0.960. The normalized spacial score (nSPS) is 17.2. The summed E-state index contributed by atoms with van der Waals surface area (Å²) in [6, 6.07) is 19.2. The molecule has 0 amide bonds. The van der Waals surface area contributed by atoms with Gasteiger partial charge < -0.3 is 10.1 Å². The van der Waals surface area contributed by atoms with Crippen LogP contribution in [0.15, 0.2) is 54.6 Å². The molecule has 2 aromatic carbocycles. The average Bonchev–Trinajstić information content (AvgIpc) is 2.88. The van der Waals surface area contributed by atoms with Gasteiger partial charge in [0, 0.05) is 12.6 Å². The minimum atomic E-state index is 0.496. The number of benzene rings is 2. The molecule has 1 unspecified atom stereocenters. The van der Waals surface area contributed by atoms with Gasteiger partial charge in [-0.05, 0) is 36.1 Å². The summed E-state index contributed by atoms with van der Waals surface area (Å²) in [7, 11) is 0. The molecule has 0 saturated heterocycles. The number of hydrogen-bond acceptors (Lipinski definition) is 2. The molecule has 0 saturated carbocycles. The molecule has 1 aliphatic heterocycles. The molecule has 3 rings (SSSR count). The molecule has 1 N–H and O–H groups in total. The van der Waals surface area contributed by atoms with Crippen LogP contribution in [-0.4, -0.2) is 6.61 Å². The van der Waals surface area contributed by atoms with Gasteiger partial charge in [0.15, 0.2) is 0 Å². The van der Waals surface area contributed by atoms with Crippen molar-refractivity contribution >= 4 is 0 Å². The second-order valence-electron chi connectivity index (χ2n) is 4.94. The number of rotatable bonds is 5. The van der Waals surface area contributed by atoms with E-state index in [-0.39, 0.29) is 0 Å². The number of para-hydroxylation sites is 1. The van der Waals surface area contributed by atoms with Crippen molar-refractivity contribution in [1.29, 1.82) is 0 Å². The lowest BCUT2D eigenvalue weighted by Gasteiger charge is -2.12. The standard InChI is InChI=1S/C17H19NO/c1-2-8-15(9-3-1)19-12-6-11-17-16-10-5-4-7-14(16)13-18-17/h1-5,7-10,17-18H,6,11-13H2. The molecule has 2 aromatic rings. The lowest BCUT2D eigenvalue weighted by Crippen LogP contribution is -2.13. The molecule has 2 heteroatoms. The smallest absolute Gasteiger partial charge is 0.119 e. The molecule has 1 heterocycles. The second-order valence-corrected chi connectivity index (χ2v) is 4.94. The molecular formula is C17H19NO. The Morgan fingerprint density at radius 3 is 2.68 bits per heavy atom. The van der Waals surface area contributed by atoms with Crippen LogP contribution >= 0.6 is 0 Å². The molecule has 2 nitrogen and oxygen atoms in total. The SMILES string of the molecule is c1ccc(OCCCC2NCc3ccccc32)cc1. The number of nitrogens with one attached hydrogen (secondary N) is 1. The summed E-state index contributed by atoms with van der Waals surface area (Å²) >= 11 is 0. The van der Waals surface area contributed by atoms with Crippen molar-refractivity contribution in [3.63, 3.8) is 0 Å². The van der Waals surface area contributed by atoms with Crippen LogP contribution in [0.25, 0.3) is 0 Å². The van der Waals surface area contributed by atoms with Crippen LogP contribution in [0, 0.1) is 0 Å². The van der Waals surface area contributed by atoms with Crippen LogP contribution in [0.1, 0.15) is 30.0 Å². The topological polar surface area (TPSA) is 21.3 Å². The van der Waals surface area contributed by atoms with Gasteiger partial charge in [0.2, 0.25) is 0 Å². The van der Waals surface area contributed by atoms with Gasteiger partial charge in [-0.15, -0.1) is 0 Å². The van der Waals surface area contributed by atoms with E-state index in [0.29, 0.717) is 6.04 Å². The number of ether oxygens (including phenoxy) is 1. The summed E-state index contributed by atoms with van der Waals surface area (Å²) in [6.45, 7) is 1.78. The first-order valence-corrected chi connectivity index (χ1v) is 6.92. The molecule has 0 radical (unpaired) electrons. The Hall–Kier alpha value is -1.80. The van der Waals surface area contributed by atoms with E-state index in [0.717, 1.165) is 31.7 Å². The zero-order valence-corrected chi connectivity index (χ0v) is 11.0. The van der Waals surface area contributed by atoms with E-state index in [1.807, 2.05) is 30.3 Å². The van der Waals surface area contributed by atoms with E-state index in [4.69, 9.17) is 4.74 Å². The maximum Gasteiger partial charge on any atom is 0.119 e. The molecule has 0 spiro atoms. The zero-order valence-electron chi connectivity index (χ0n) is 11.0. The van der Waals surface area contributed by atoms with Crippen molar-refractivity contribution < 1.29 is 4.74 Å². The summed E-state index contributed by atoms with van der Waals surface area (Å²) in [5, 5.41) is 3.57. The van der Waals surface area contributed by atoms with Gasteiger partial charge in [-0.3, -0.25) is 0 Å². The third-order valence-electron chi connectivity index (χ3n) is 3.62. The monoisotopic (exact) mass is 253 g/mol. The van der Waals surface area contributed by atoms with E-state index in [1.54, 1.807) is 0 Å². The van der Waals surface area contributed by atoms with E-state index >= 15 is 0 Å². The average molecular weight is 253 g/mol. The molecule has 0 aromatic heterocycles. The molecular weight excluding hydrogens is 234 g/mol. The summed E-state index contributed by atoms with van der Waals surface area (Å²) in [4.78, 5) is 0. The quantitative estimate of drug-likeness (QED) is 0.821. The zero-order chi connectivity index (χ0) is 12.9. The first-order valence-electron chi connectivity index (χ1n) is 6.92. The Morgan fingerprint density at radius 2 is 1.79 bits per heavy atom. The Labute approximate surface area is 114 Å². The highest BCUT2D eigenvalue weighted by Crippen LogP contribution is 2.28. The first-order chi connectivity index (χ1) is 9.43. The molecule has 0 bridgehead atoms. The molecule has 0 aliphatic carbocycles. The van der Waals surface area contributed by atoms with Crippen molar-refractivity contribution in [1.82, 2.24) is 5.32 Å². The van der Waals surface area contributed by atoms with Gasteiger partial charge >= 0.3 is 0 Å². The predicted octanol–water partition coefficient (Wildman–Crippen LogP) is 3.69. The fraction of sp³-hybridized carbons (Fsp3) is 0.294. The number of fused-ring (bicyclic) bond motifs is 1. The Kier molecular flexibility index (Phi) is 3.80. The largest absolute Gasteiger partial charge is 0.494 e. The summed E-state index contributed by atoms with van der Waals surface area (Å²) in [5.41, 5.74) is 2.90. The van der Waals surface area contributed by atoms with E-state index in [9.17, 15) is 0 Å². The highest BCUT2D eigenvalue weighted by molar-refractivity contribution is 5.33. The highest BCUT2D eigenvalue weighted by atomic mass is 16.5. The maximum absolute atomic E-state index is 5.73. The lowest BCUT2D eigenvalue weighted by molar-refractivity contribution is 0.298. The molecule has 1 aliphatic rings. The fourth-order valence-corrected chi connectivity index (χ4v) is 2.63. The molecule has 19 heavy (non-hydrogen) atoms. The van der Waals surface area contributed by atoms with Crippen molar-refractivity contribution in [3.05, 3.63) is 65.7 Å². The van der Waals surface area contributed by atoms with Crippen LogP contribution < -0.4 is 10.1 Å². The van der Waals surface area contributed by atoms with Crippen LogP contribution in [-0.2, 0) is 6.54 Å². The summed E-state index contributed by atoms with van der Waals surface area (Å²) in [6.07, 6.45) is 2.20. The Bertz CT molecular complexity index is 524. The van der Waals surface area contributed by atoms with Gasteiger partial charge in [0.1, 0.15) is 5.75 Å². The third kappa shape index (κ3) is 2.96. The molecule has 98 valence electrons. The van der Waals surface area contributed by atoms with Gasteiger partial charge in [-0.1, -0.05) is 42.5 Å². The third-order valence-corrected chi connectivity index (χ3v) is 3.62. The van der Waals surface area contributed by atoms with Crippen molar-refractivity contribution in [2.75, 3.05) is 6.61 Å². The van der Waals surface area contributed by atoms with Crippen molar-refractivity contribution in [2.45, 2.75) is 25.4 Å². The molecule has 1 atom stereocenters. The highest BCUT2D eigenvalue weighted by Gasteiger charge is 2.20. The fourth-order valence-electron chi connectivity index (χ4n) is 2.63. The van der Waals surface area contributed by atoms with Crippen LogP contribution in [0.5, 0.6) is 5.75 Å². The van der Waals surface area contributed by atoms with Gasteiger partial charge in [0.05, 0.1) is 6.61 Å². The van der Waals surface area contributed by atoms with E-state index < -0.39 is 0 Å². The maximum atomic E-state index is 5.73. The predicted molar refractivity (Wildman–Crippen MR) is 77.2 cm³/mol. The number of hydrogen-bond donors (Lipinski definition) is 1. The van der Waals surface area contributed by atoms with Gasteiger partial charge in [0.25, 0.3) is 0 Å². The minimum absolute atomic E-state index is 0.496. The summed E-state index contributed by atoms with van der Waals surface area (Å²) < 4.78 is 5.73. The van der Waals surface area contributed by atoms with Crippen LogP contribution in [0.4, 0.5) is 0 Å². The van der Waals surface area contributed by atoms with Crippen molar-refractivity contribution in [2.24, 2.45) is 0 Å². The molecule has 0 fully saturated rings. The Morgan fingerprint density at radius 1 is 1.00 bits per heavy atom. The first kappa shape index (κ1) is 12.2. The van der Waals surface area contributed by atoms with Gasteiger partial charge in [-0.25, -0.2) is 0 Å². The Balaban J connectivity index is 1.47. The van der Waals surface area contributed by atoms with Gasteiger partial charge in [-0.2, -0.15) is 0 Å².